The molecule has 9 heteroatoms. The monoisotopic (exact) mass is 486 g/mol. The lowest BCUT2D eigenvalue weighted by Crippen LogP contribution is -2.49. The Morgan fingerprint density at radius 3 is 2.56 bits per heavy atom. The molecular formula is C27H30N6O3. The SMILES string of the molecule is COc1ccc(-c2cnc3c(Nc4ccc(C(=O)N5CCN(CCO)CC5)c(C)c4)nccn23)cc1. The normalized spacial score (nSPS) is 14.2. The molecule has 5 rings (SSSR count). The number of hydrogen-bond donors (Lipinski definition) is 2. The molecule has 1 aliphatic rings. The summed E-state index contributed by atoms with van der Waals surface area (Å²) in [7, 11) is 1.65. The molecule has 0 spiro atoms. The number of imidazole rings is 1. The van der Waals surface area contributed by atoms with E-state index in [1.165, 1.54) is 0 Å². The van der Waals surface area contributed by atoms with E-state index in [0.29, 0.717) is 36.7 Å². The number of amides is 1. The first kappa shape index (κ1) is 23.8. The standard InChI is InChI=1S/C27H30N6O3/c1-19-17-21(5-8-23(19)27(35)32-13-11-31(12-14-32)15-16-34)30-25-26-29-18-24(33(26)10-9-28-25)20-3-6-22(36-2)7-4-20/h3-10,17-18,34H,11-16H2,1-2H3,(H,28,30). The van der Waals surface area contributed by atoms with Crippen molar-refractivity contribution in [3.63, 3.8) is 0 Å². The molecule has 0 atom stereocenters. The van der Waals surface area contributed by atoms with Crippen LogP contribution in [0.15, 0.2) is 61.1 Å². The van der Waals surface area contributed by atoms with Crippen LogP contribution in [0.25, 0.3) is 16.9 Å². The van der Waals surface area contributed by atoms with Crippen LogP contribution in [-0.4, -0.2) is 81.6 Å². The molecule has 0 saturated carbocycles. The van der Waals surface area contributed by atoms with Crippen molar-refractivity contribution in [2.24, 2.45) is 0 Å². The number of piperazine rings is 1. The highest BCUT2D eigenvalue weighted by Crippen LogP contribution is 2.27. The number of carbonyl (C=O) groups excluding carboxylic acids is 1. The fourth-order valence-electron chi connectivity index (χ4n) is 4.59. The van der Waals surface area contributed by atoms with Crippen LogP contribution < -0.4 is 10.1 Å². The number of rotatable bonds is 7. The molecule has 9 nitrogen and oxygen atoms in total. The lowest BCUT2D eigenvalue weighted by Gasteiger charge is -2.34. The van der Waals surface area contributed by atoms with Gasteiger partial charge in [0.2, 0.25) is 0 Å². The van der Waals surface area contributed by atoms with Gasteiger partial charge in [0.1, 0.15) is 5.75 Å². The summed E-state index contributed by atoms with van der Waals surface area (Å²) in [5, 5.41) is 12.5. The summed E-state index contributed by atoms with van der Waals surface area (Å²) in [5.41, 5.74) is 5.13. The van der Waals surface area contributed by atoms with Crippen molar-refractivity contribution in [1.29, 1.82) is 0 Å². The second-order valence-corrected chi connectivity index (χ2v) is 8.85. The minimum atomic E-state index is 0.0420. The maximum Gasteiger partial charge on any atom is 0.254 e. The molecular weight excluding hydrogens is 456 g/mol. The van der Waals surface area contributed by atoms with Gasteiger partial charge < -0.3 is 20.1 Å². The van der Waals surface area contributed by atoms with Gasteiger partial charge >= 0.3 is 0 Å². The summed E-state index contributed by atoms with van der Waals surface area (Å²) < 4.78 is 7.26. The number of aliphatic hydroxyl groups excluding tert-OH is 1. The van der Waals surface area contributed by atoms with Crippen LogP contribution in [0.4, 0.5) is 11.5 Å². The van der Waals surface area contributed by atoms with Crippen molar-refractivity contribution in [3.8, 4) is 17.0 Å². The Kier molecular flexibility index (Phi) is 6.84. The van der Waals surface area contributed by atoms with Gasteiger partial charge in [-0.25, -0.2) is 9.97 Å². The predicted octanol–water partition coefficient (Wildman–Crippen LogP) is 3.21. The molecule has 2 N–H and O–H groups in total. The van der Waals surface area contributed by atoms with E-state index in [4.69, 9.17) is 9.84 Å². The average Bonchev–Trinajstić information content (AvgIpc) is 3.34. The predicted molar refractivity (Wildman–Crippen MR) is 139 cm³/mol. The smallest absolute Gasteiger partial charge is 0.254 e. The van der Waals surface area contributed by atoms with Gasteiger partial charge in [-0.3, -0.25) is 14.1 Å². The quantitative estimate of drug-likeness (QED) is 0.414. The van der Waals surface area contributed by atoms with Crippen LogP contribution in [0, 0.1) is 6.92 Å². The van der Waals surface area contributed by atoms with Gasteiger partial charge in [0.05, 0.1) is 25.6 Å². The maximum absolute atomic E-state index is 13.1. The highest BCUT2D eigenvalue weighted by molar-refractivity contribution is 5.96. The van der Waals surface area contributed by atoms with Crippen molar-refractivity contribution >= 4 is 23.1 Å². The molecule has 1 amide bonds. The van der Waals surface area contributed by atoms with Gasteiger partial charge in [-0.05, 0) is 55.0 Å². The molecule has 0 unspecified atom stereocenters. The summed E-state index contributed by atoms with van der Waals surface area (Å²) in [6.45, 7) is 5.64. The molecule has 36 heavy (non-hydrogen) atoms. The fraction of sp³-hybridized carbons (Fsp3) is 0.296. The zero-order valence-electron chi connectivity index (χ0n) is 20.5. The molecule has 0 radical (unpaired) electrons. The average molecular weight is 487 g/mol. The molecule has 0 aliphatic carbocycles. The second-order valence-electron chi connectivity index (χ2n) is 8.85. The zero-order chi connectivity index (χ0) is 25.1. The highest BCUT2D eigenvalue weighted by atomic mass is 16.5. The van der Waals surface area contributed by atoms with E-state index < -0.39 is 0 Å². The Balaban J connectivity index is 1.33. The third kappa shape index (κ3) is 4.75. The molecule has 186 valence electrons. The maximum atomic E-state index is 13.1. The van der Waals surface area contributed by atoms with Gasteiger partial charge in [-0.1, -0.05) is 0 Å². The van der Waals surface area contributed by atoms with Crippen molar-refractivity contribution in [2.75, 3.05) is 51.8 Å². The number of nitrogens with zero attached hydrogens (tertiary/aromatic N) is 5. The van der Waals surface area contributed by atoms with Gasteiger partial charge in [0.25, 0.3) is 5.91 Å². The number of β-amino-alcohol motifs (C(OH)–C–C–N with tert-alkyl or cyclic N) is 1. The lowest BCUT2D eigenvalue weighted by atomic mass is 10.1. The number of methoxy groups -OCH3 is 1. The van der Waals surface area contributed by atoms with E-state index in [1.807, 2.05) is 71.1 Å². The Hall–Kier alpha value is -3.95. The van der Waals surface area contributed by atoms with E-state index in [2.05, 4.69) is 20.2 Å². The number of fused-ring (bicyclic) bond motifs is 1. The van der Waals surface area contributed by atoms with Gasteiger partial charge in [-0.2, -0.15) is 0 Å². The molecule has 2 aromatic heterocycles. The fourth-order valence-corrected chi connectivity index (χ4v) is 4.59. The van der Waals surface area contributed by atoms with Crippen LogP contribution in [-0.2, 0) is 0 Å². The van der Waals surface area contributed by atoms with Gasteiger partial charge in [-0.15, -0.1) is 0 Å². The first-order valence-corrected chi connectivity index (χ1v) is 12.0. The number of benzene rings is 2. The molecule has 4 aromatic rings. The van der Waals surface area contributed by atoms with Crippen LogP contribution in [0.2, 0.25) is 0 Å². The molecule has 1 saturated heterocycles. The number of aryl methyl sites for hydroxylation is 1. The van der Waals surface area contributed by atoms with Gasteiger partial charge in [0, 0.05) is 61.9 Å². The second kappa shape index (κ2) is 10.3. The molecule has 1 fully saturated rings. The van der Waals surface area contributed by atoms with Crippen LogP contribution in [0.5, 0.6) is 5.75 Å². The van der Waals surface area contributed by atoms with Crippen LogP contribution in [0.3, 0.4) is 0 Å². The third-order valence-corrected chi connectivity index (χ3v) is 6.61. The Morgan fingerprint density at radius 2 is 1.86 bits per heavy atom. The largest absolute Gasteiger partial charge is 0.497 e. The number of hydrogen-bond acceptors (Lipinski definition) is 7. The number of anilines is 2. The molecule has 0 bridgehead atoms. The zero-order valence-corrected chi connectivity index (χ0v) is 20.5. The summed E-state index contributed by atoms with van der Waals surface area (Å²) in [6, 6.07) is 13.6. The molecule has 2 aromatic carbocycles. The van der Waals surface area contributed by atoms with Crippen LogP contribution in [0.1, 0.15) is 15.9 Å². The summed E-state index contributed by atoms with van der Waals surface area (Å²) in [5.74, 6) is 1.48. The van der Waals surface area contributed by atoms with E-state index in [0.717, 1.165) is 41.3 Å². The first-order chi connectivity index (χ1) is 17.6. The number of aromatic nitrogens is 3. The van der Waals surface area contributed by atoms with Crippen LogP contribution >= 0.6 is 0 Å². The Labute approximate surface area is 210 Å². The molecule has 1 aliphatic heterocycles. The summed E-state index contributed by atoms with van der Waals surface area (Å²) in [4.78, 5) is 26.3. The van der Waals surface area contributed by atoms with Gasteiger partial charge in [0.15, 0.2) is 11.5 Å². The minimum Gasteiger partial charge on any atom is -0.497 e. The van der Waals surface area contributed by atoms with Crippen molar-refractivity contribution < 1.29 is 14.6 Å². The van der Waals surface area contributed by atoms with Crippen molar-refractivity contribution in [2.45, 2.75) is 6.92 Å². The van der Waals surface area contributed by atoms with E-state index in [1.54, 1.807) is 13.3 Å². The highest BCUT2D eigenvalue weighted by Gasteiger charge is 2.23. The van der Waals surface area contributed by atoms with E-state index >= 15 is 0 Å². The Bertz CT molecular complexity index is 1360. The number of aliphatic hydroxyl groups is 1. The van der Waals surface area contributed by atoms with Crippen molar-refractivity contribution in [1.82, 2.24) is 24.2 Å². The van der Waals surface area contributed by atoms with Crippen molar-refractivity contribution in [3.05, 3.63) is 72.2 Å². The number of ether oxygens (including phenoxy) is 1. The molecule has 3 heterocycles. The number of nitrogens with one attached hydrogen (secondary N) is 1. The summed E-state index contributed by atoms with van der Waals surface area (Å²) in [6.07, 6.45) is 5.46. The topological polar surface area (TPSA) is 95.2 Å². The third-order valence-electron chi connectivity index (χ3n) is 6.61. The summed E-state index contributed by atoms with van der Waals surface area (Å²) >= 11 is 0. The van der Waals surface area contributed by atoms with E-state index in [-0.39, 0.29) is 12.5 Å². The lowest BCUT2D eigenvalue weighted by molar-refractivity contribution is 0.0614. The first-order valence-electron chi connectivity index (χ1n) is 12.0. The minimum absolute atomic E-state index is 0.0420. The van der Waals surface area contributed by atoms with E-state index in [9.17, 15) is 4.79 Å². The Morgan fingerprint density at radius 1 is 1.08 bits per heavy atom. The number of carbonyl (C=O) groups is 1.